The Morgan fingerprint density at radius 2 is 2.32 bits per heavy atom. The Morgan fingerprint density at radius 3 is 2.89 bits per heavy atom. The summed E-state index contributed by atoms with van der Waals surface area (Å²) in [7, 11) is 0. The van der Waals surface area contributed by atoms with Crippen molar-refractivity contribution in [1.29, 1.82) is 0 Å². The molecule has 1 fully saturated rings. The average molecular weight is 264 g/mol. The zero-order valence-corrected chi connectivity index (χ0v) is 11.4. The van der Waals surface area contributed by atoms with Gasteiger partial charge in [-0.05, 0) is 38.8 Å². The van der Waals surface area contributed by atoms with Crippen molar-refractivity contribution in [3.63, 3.8) is 0 Å². The fourth-order valence-corrected chi connectivity index (χ4v) is 2.05. The predicted molar refractivity (Wildman–Crippen MR) is 72.1 cm³/mol. The number of hydrogen-bond acceptors (Lipinski definition) is 5. The van der Waals surface area contributed by atoms with Gasteiger partial charge in [-0.3, -0.25) is 4.79 Å². The largest absolute Gasteiger partial charge is 0.373 e. The summed E-state index contributed by atoms with van der Waals surface area (Å²) in [4.78, 5) is 11.5. The number of carbonyl (C=O) groups excluding carboxylic acids is 1. The summed E-state index contributed by atoms with van der Waals surface area (Å²) in [6.07, 6.45) is 2.14. The molecule has 0 spiro atoms. The van der Waals surface area contributed by atoms with Gasteiger partial charge in [0, 0.05) is 19.7 Å². The number of hydrogen-bond donors (Lipinski definition) is 2. The molecular weight excluding hydrogens is 244 g/mol. The molecule has 2 heterocycles. The minimum atomic E-state index is -0.201. The summed E-state index contributed by atoms with van der Waals surface area (Å²) in [5, 5.41) is 13.8. The van der Waals surface area contributed by atoms with Crippen LogP contribution in [0.25, 0.3) is 0 Å². The second-order valence-corrected chi connectivity index (χ2v) is 4.92. The number of nitrogens with zero attached hydrogens (tertiary/aromatic N) is 2. The number of nitrogens with one attached hydrogen (secondary N) is 2. The van der Waals surface area contributed by atoms with E-state index in [-0.39, 0.29) is 11.5 Å². The van der Waals surface area contributed by atoms with Crippen LogP contribution >= 0.6 is 0 Å². The standard InChI is InChI=1S/C13H20N4O2/c1-3-14-12(18)10-5-6-11(17-16-10)15-9-13(2)7-4-8-19-13/h5-6H,3-4,7-9H2,1-2H3,(H,14,18)(H,15,17). The molecule has 1 unspecified atom stereocenters. The first-order valence-electron chi connectivity index (χ1n) is 6.63. The van der Waals surface area contributed by atoms with E-state index in [4.69, 9.17) is 4.74 Å². The van der Waals surface area contributed by atoms with E-state index in [1.165, 1.54) is 0 Å². The number of amides is 1. The molecule has 0 radical (unpaired) electrons. The number of carbonyl (C=O) groups is 1. The summed E-state index contributed by atoms with van der Waals surface area (Å²) < 4.78 is 5.68. The molecule has 104 valence electrons. The molecule has 0 aromatic carbocycles. The van der Waals surface area contributed by atoms with Gasteiger partial charge in [0.25, 0.3) is 5.91 Å². The number of ether oxygens (including phenoxy) is 1. The molecule has 6 nitrogen and oxygen atoms in total. The van der Waals surface area contributed by atoms with Gasteiger partial charge in [0.2, 0.25) is 0 Å². The van der Waals surface area contributed by atoms with E-state index < -0.39 is 0 Å². The monoisotopic (exact) mass is 264 g/mol. The third-order valence-corrected chi connectivity index (χ3v) is 3.18. The summed E-state index contributed by atoms with van der Waals surface area (Å²) >= 11 is 0. The molecule has 6 heteroatoms. The van der Waals surface area contributed by atoms with Crippen molar-refractivity contribution in [2.75, 3.05) is 25.0 Å². The topological polar surface area (TPSA) is 76.1 Å². The van der Waals surface area contributed by atoms with Gasteiger partial charge in [0.05, 0.1) is 5.60 Å². The summed E-state index contributed by atoms with van der Waals surface area (Å²) in [6.45, 7) is 6.05. The SMILES string of the molecule is CCNC(=O)c1ccc(NCC2(C)CCCO2)nn1. The zero-order chi connectivity index (χ0) is 13.7. The number of aromatic nitrogens is 2. The molecule has 0 bridgehead atoms. The van der Waals surface area contributed by atoms with Crippen LogP contribution in [0.3, 0.4) is 0 Å². The molecule has 0 saturated carbocycles. The maximum Gasteiger partial charge on any atom is 0.271 e. The summed E-state index contributed by atoms with van der Waals surface area (Å²) in [6, 6.07) is 3.42. The first-order valence-corrected chi connectivity index (χ1v) is 6.63. The van der Waals surface area contributed by atoms with Crippen LogP contribution in [0, 0.1) is 0 Å². The van der Waals surface area contributed by atoms with Gasteiger partial charge in [0.1, 0.15) is 5.82 Å². The fraction of sp³-hybridized carbons (Fsp3) is 0.615. The van der Waals surface area contributed by atoms with E-state index in [2.05, 4.69) is 27.8 Å². The highest BCUT2D eigenvalue weighted by atomic mass is 16.5. The Labute approximate surface area is 112 Å². The second-order valence-electron chi connectivity index (χ2n) is 4.92. The zero-order valence-electron chi connectivity index (χ0n) is 11.4. The molecule has 19 heavy (non-hydrogen) atoms. The lowest BCUT2D eigenvalue weighted by Gasteiger charge is -2.23. The average Bonchev–Trinajstić information content (AvgIpc) is 2.85. The van der Waals surface area contributed by atoms with Crippen molar-refractivity contribution < 1.29 is 9.53 Å². The first kappa shape index (κ1) is 13.7. The fourth-order valence-electron chi connectivity index (χ4n) is 2.05. The van der Waals surface area contributed by atoms with Crippen molar-refractivity contribution in [2.45, 2.75) is 32.3 Å². The number of anilines is 1. The maximum atomic E-state index is 11.5. The van der Waals surface area contributed by atoms with Gasteiger partial charge in [0.15, 0.2) is 5.69 Å². The van der Waals surface area contributed by atoms with Crippen molar-refractivity contribution in [3.8, 4) is 0 Å². The highest BCUT2D eigenvalue weighted by Gasteiger charge is 2.29. The third-order valence-electron chi connectivity index (χ3n) is 3.18. The highest BCUT2D eigenvalue weighted by molar-refractivity contribution is 5.92. The lowest BCUT2D eigenvalue weighted by atomic mass is 10.0. The van der Waals surface area contributed by atoms with Crippen LogP contribution in [0.4, 0.5) is 5.82 Å². The molecule has 1 amide bonds. The molecule has 1 aromatic rings. The molecular formula is C13H20N4O2. The Morgan fingerprint density at radius 1 is 1.47 bits per heavy atom. The lowest BCUT2D eigenvalue weighted by molar-refractivity contribution is 0.0314. The van der Waals surface area contributed by atoms with E-state index in [1.807, 2.05) is 6.92 Å². The van der Waals surface area contributed by atoms with Crippen molar-refractivity contribution >= 4 is 11.7 Å². The Kier molecular flexibility index (Phi) is 4.31. The van der Waals surface area contributed by atoms with Crippen LogP contribution in [-0.4, -0.2) is 41.4 Å². The molecule has 1 aromatic heterocycles. The van der Waals surface area contributed by atoms with Crippen molar-refractivity contribution in [1.82, 2.24) is 15.5 Å². The Bertz CT molecular complexity index is 427. The maximum absolute atomic E-state index is 11.5. The van der Waals surface area contributed by atoms with Crippen molar-refractivity contribution in [3.05, 3.63) is 17.8 Å². The molecule has 1 atom stereocenters. The van der Waals surface area contributed by atoms with Gasteiger partial charge >= 0.3 is 0 Å². The third kappa shape index (κ3) is 3.64. The normalized spacial score (nSPS) is 22.2. The molecule has 1 aliphatic rings. The van der Waals surface area contributed by atoms with Crippen LogP contribution in [0.5, 0.6) is 0 Å². The van der Waals surface area contributed by atoms with Gasteiger partial charge in [-0.15, -0.1) is 10.2 Å². The molecule has 2 rings (SSSR count). The minimum absolute atomic E-state index is 0.125. The Hall–Kier alpha value is -1.69. The van der Waals surface area contributed by atoms with Crippen LogP contribution < -0.4 is 10.6 Å². The molecule has 1 aliphatic heterocycles. The van der Waals surface area contributed by atoms with Crippen LogP contribution in [-0.2, 0) is 4.74 Å². The number of rotatable bonds is 5. The van der Waals surface area contributed by atoms with Crippen LogP contribution in [0.1, 0.15) is 37.2 Å². The van der Waals surface area contributed by atoms with Crippen LogP contribution in [0.2, 0.25) is 0 Å². The van der Waals surface area contributed by atoms with E-state index >= 15 is 0 Å². The van der Waals surface area contributed by atoms with E-state index in [9.17, 15) is 4.79 Å². The summed E-state index contributed by atoms with van der Waals surface area (Å²) in [5.41, 5.74) is 0.204. The second kappa shape index (κ2) is 5.97. The summed E-state index contributed by atoms with van der Waals surface area (Å²) in [5.74, 6) is 0.456. The lowest BCUT2D eigenvalue weighted by Crippen LogP contribution is -2.32. The highest BCUT2D eigenvalue weighted by Crippen LogP contribution is 2.24. The van der Waals surface area contributed by atoms with E-state index in [1.54, 1.807) is 12.1 Å². The van der Waals surface area contributed by atoms with Crippen molar-refractivity contribution in [2.24, 2.45) is 0 Å². The van der Waals surface area contributed by atoms with Gasteiger partial charge in [-0.1, -0.05) is 0 Å². The minimum Gasteiger partial charge on any atom is -0.373 e. The van der Waals surface area contributed by atoms with Gasteiger partial charge in [-0.25, -0.2) is 0 Å². The quantitative estimate of drug-likeness (QED) is 0.836. The predicted octanol–water partition coefficient (Wildman–Crippen LogP) is 1.21. The Balaban J connectivity index is 1.90. The smallest absolute Gasteiger partial charge is 0.271 e. The molecule has 0 aliphatic carbocycles. The first-order chi connectivity index (χ1) is 9.13. The molecule has 2 N–H and O–H groups in total. The van der Waals surface area contributed by atoms with Gasteiger partial charge in [-0.2, -0.15) is 0 Å². The molecule has 1 saturated heterocycles. The van der Waals surface area contributed by atoms with E-state index in [0.29, 0.717) is 24.6 Å². The van der Waals surface area contributed by atoms with E-state index in [0.717, 1.165) is 19.4 Å². The van der Waals surface area contributed by atoms with Crippen LogP contribution in [0.15, 0.2) is 12.1 Å². The van der Waals surface area contributed by atoms with Gasteiger partial charge < -0.3 is 15.4 Å².